The van der Waals surface area contributed by atoms with E-state index in [1.54, 1.807) is 0 Å². The number of esters is 2. The van der Waals surface area contributed by atoms with Crippen LogP contribution in [0.2, 0.25) is 0 Å². The van der Waals surface area contributed by atoms with Gasteiger partial charge >= 0.3 is 35.8 Å². The predicted octanol–water partition coefficient (Wildman–Crippen LogP) is 12.5. The minimum absolute atomic E-state index is 0.0487. The number of carbonyl (C=O) groups excluding carboxylic acids is 6. The first-order valence-corrected chi connectivity index (χ1v) is 26.4. The number of carbonyl (C=O) groups is 6. The maximum atomic E-state index is 13.8. The first-order valence-electron chi connectivity index (χ1n) is 26.4. The van der Waals surface area contributed by atoms with Gasteiger partial charge in [0, 0.05) is 12.8 Å². The summed E-state index contributed by atoms with van der Waals surface area (Å²) in [5.74, 6) is -5.14. The Balaban J connectivity index is 2.97. The summed E-state index contributed by atoms with van der Waals surface area (Å²) in [5.41, 5.74) is 3.44. The zero-order valence-corrected chi connectivity index (χ0v) is 41.4. The molecule has 14 heteroatoms. The Morgan fingerprint density at radius 1 is 0.431 bits per heavy atom. The summed E-state index contributed by atoms with van der Waals surface area (Å²) in [5, 5.41) is 0. The molecule has 0 bridgehead atoms. The lowest BCUT2D eigenvalue weighted by Gasteiger charge is -2.39. The Kier molecular flexibility index (Phi) is 37.7. The Hall–Kier alpha value is -3.26. The smallest absolute Gasteiger partial charge is 0.395 e. The second-order valence-electron chi connectivity index (χ2n) is 18.3. The molecule has 2 unspecified atom stereocenters. The van der Waals surface area contributed by atoms with E-state index in [0.717, 1.165) is 103 Å². The molecule has 0 aromatic carbocycles. The Morgan fingerprint density at radius 2 is 0.815 bits per heavy atom. The number of hydrogen-bond donors (Lipinski definition) is 2. The highest BCUT2D eigenvalue weighted by Crippen LogP contribution is 2.34. The summed E-state index contributed by atoms with van der Waals surface area (Å²) >= 11 is 0. The molecule has 1 aliphatic carbocycles. The average Bonchev–Trinajstić information content (AvgIpc) is 3.28. The molecule has 1 rings (SSSR count). The van der Waals surface area contributed by atoms with Crippen molar-refractivity contribution in [3.05, 3.63) is 0 Å². The number of unbranched alkanes of at least 4 members (excludes halogenated alkanes) is 27. The number of hydrogen-bond acceptors (Lipinski definition) is 14. The van der Waals surface area contributed by atoms with Crippen molar-refractivity contribution in [3.8, 4) is 0 Å². The van der Waals surface area contributed by atoms with E-state index in [0.29, 0.717) is 32.1 Å². The second-order valence-corrected chi connectivity index (χ2v) is 18.3. The molecule has 0 radical (unpaired) electrons. The van der Waals surface area contributed by atoms with Crippen LogP contribution in [0.1, 0.15) is 272 Å². The van der Waals surface area contributed by atoms with E-state index < -0.39 is 53.7 Å². The zero-order valence-electron chi connectivity index (χ0n) is 41.4. The summed E-state index contributed by atoms with van der Waals surface area (Å²) in [7, 11) is 0. The number of hydroxylamine groups is 2. The van der Waals surface area contributed by atoms with Crippen LogP contribution in [0.25, 0.3) is 0 Å². The molecule has 2 N–H and O–H groups in total. The number of rotatable bonds is 44. The maximum absolute atomic E-state index is 13.8. The van der Waals surface area contributed by atoms with Gasteiger partial charge in [0.2, 0.25) is 6.10 Å². The van der Waals surface area contributed by atoms with Crippen LogP contribution in [0.15, 0.2) is 0 Å². The van der Waals surface area contributed by atoms with Gasteiger partial charge in [-0.3, -0.25) is 9.59 Å². The third kappa shape index (κ3) is 31.4. The normalized spacial score (nSPS) is 13.8. The van der Waals surface area contributed by atoms with Gasteiger partial charge in [-0.2, -0.15) is 0 Å². The number of nitrogens with one attached hydrogen (secondary N) is 2. The molecule has 0 spiro atoms. The molecule has 0 amide bonds. The third-order valence-corrected chi connectivity index (χ3v) is 12.2. The van der Waals surface area contributed by atoms with Crippen LogP contribution >= 0.6 is 0 Å². The van der Waals surface area contributed by atoms with Crippen molar-refractivity contribution in [3.63, 3.8) is 0 Å². The van der Waals surface area contributed by atoms with Crippen LogP contribution in [-0.2, 0) is 57.7 Å². The molecule has 14 nitrogen and oxygen atoms in total. The lowest BCUT2D eigenvalue weighted by Crippen LogP contribution is -2.60. The highest BCUT2D eigenvalue weighted by Gasteiger charge is 2.49. The van der Waals surface area contributed by atoms with Crippen molar-refractivity contribution in [1.82, 2.24) is 11.0 Å². The summed E-state index contributed by atoms with van der Waals surface area (Å²) in [6, 6.07) is 0. The lowest BCUT2D eigenvalue weighted by atomic mass is 9.77. The SMILES string of the molecule is CCCCCCCCCCC(=O)ONC(OC(=O)C1(NOC(=O)CCCCCCCCCC)CCC1)C(=O)OC(CCCCCCCCC)C(=O)OOC(=O)CCCCCCCCCC. The number of ether oxygens (including phenoxy) is 2. The van der Waals surface area contributed by atoms with E-state index in [4.69, 9.17) is 28.9 Å². The highest BCUT2D eigenvalue weighted by molar-refractivity contribution is 5.87. The molecule has 65 heavy (non-hydrogen) atoms. The summed E-state index contributed by atoms with van der Waals surface area (Å²) in [4.78, 5) is 99.1. The van der Waals surface area contributed by atoms with Gasteiger partial charge in [-0.05, 0) is 51.4 Å². The Bertz CT molecular complexity index is 1260. The molecule has 0 aromatic heterocycles. The molecule has 1 saturated carbocycles. The van der Waals surface area contributed by atoms with E-state index in [9.17, 15) is 28.8 Å². The van der Waals surface area contributed by atoms with E-state index in [1.165, 1.54) is 70.6 Å². The molecule has 0 aromatic rings. The van der Waals surface area contributed by atoms with Crippen molar-refractivity contribution < 1.29 is 57.7 Å². The lowest BCUT2D eigenvalue weighted by molar-refractivity contribution is -0.266. The standard InChI is InChI=1S/C51H92N2O12/c1-5-9-13-17-21-25-29-33-38-44(54)62-52-47(61-50(59)51(41-36-42-51)53-63-45(55)39-34-30-26-22-18-14-10-6-2)49(58)60-43(37-32-28-24-20-16-12-8-4)48(57)65-64-46(56)40-35-31-27-23-19-15-11-7-3/h43,47,52-53H,5-42H2,1-4H3. The third-order valence-electron chi connectivity index (χ3n) is 12.2. The topological polar surface area (TPSA) is 182 Å². The van der Waals surface area contributed by atoms with Gasteiger partial charge < -0.3 is 19.1 Å². The quantitative estimate of drug-likeness (QED) is 0.0147. The summed E-state index contributed by atoms with van der Waals surface area (Å²) in [6.45, 7) is 8.67. The molecular formula is C51H92N2O12. The van der Waals surface area contributed by atoms with Gasteiger partial charge in [0.05, 0.1) is 6.42 Å². The van der Waals surface area contributed by atoms with Crippen molar-refractivity contribution in [2.75, 3.05) is 0 Å². The van der Waals surface area contributed by atoms with Crippen LogP contribution < -0.4 is 11.0 Å². The molecule has 0 aliphatic heterocycles. The van der Waals surface area contributed by atoms with Crippen LogP contribution in [0.5, 0.6) is 0 Å². The van der Waals surface area contributed by atoms with Crippen molar-refractivity contribution in [2.24, 2.45) is 0 Å². The van der Waals surface area contributed by atoms with Gasteiger partial charge in [0.15, 0.2) is 5.54 Å². The second kappa shape index (κ2) is 41.0. The summed E-state index contributed by atoms with van der Waals surface area (Å²) < 4.78 is 11.2. The largest absolute Gasteiger partial charge is 0.446 e. The minimum Gasteiger partial charge on any atom is -0.446 e. The first-order chi connectivity index (χ1) is 31.6. The van der Waals surface area contributed by atoms with E-state index >= 15 is 0 Å². The summed E-state index contributed by atoms with van der Waals surface area (Å²) in [6.07, 6.45) is 29.6. The van der Waals surface area contributed by atoms with E-state index in [2.05, 4.69) is 38.7 Å². The zero-order chi connectivity index (χ0) is 47.6. The van der Waals surface area contributed by atoms with Crippen LogP contribution in [0.3, 0.4) is 0 Å². The molecule has 378 valence electrons. The molecule has 0 saturated heterocycles. The Labute approximate surface area is 393 Å². The van der Waals surface area contributed by atoms with Gasteiger partial charge in [-0.15, -0.1) is 11.0 Å². The van der Waals surface area contributed by atoms with Crippen LogP contribution in [0.4, 0.5) is 0 Å². The molecule has 1 fully saturated rings. The van der Waals surface area contributed by atoms with Crippen LogP contribution in [-0.4, -0.2) is 53.7 Å². The monoisotopic (exact) mass is 925 g/mol. The fraction of sp³-hybridized carbons (Fsp3) is 0.882. The van der Waals surface area contributed by atoms with E-state index in [-0.39, 0.29) is 38.5 Å². The van der Waals surface area contributed by atoms with Crippen molar-refractivity contribution >= 4 is 35.8 Å². The van der Waals surface area contributed by atoms with Crippen LogP contribution in [0, 0.1) is 0 Å². The fourth-order valence-corrected chi connectivity index (χ4v) is 7.70. The van der Waals surface area contributed by atoms with E-state index in [1.807, 2.05) is 0 Å². The van der Waals surface area contributed by atoms with Gasteiger partial charge in [0.1, 0.15) is 0 Å². The van der Waals surface area contributed by atoms with Gasteiger partial charge in [-0.25, -0.2) is 29.0 Å². The average molecular weight is 925 g/mol. The predicted molar refractivity (Wildman–Crippen MR) is 251 cm³/mol. The van der Waals surface area contributed by atoms with Crippen molar-refractivity contribution in [2.45, 2.75) is 290 Å². The van der Waals surface area contributed by atoms with Crippen molar-refractivity contribution in [1.29, 1.82) is 0 Å². The molecule has 1 aliphatic rings. The minimum atomic E-state index is -1.98. The molecule has 2 atom stereocenters. The molecular weight excluding hydrogens is 833 g/mol. The fourth-order valence-electron chi connectivity index (χ4n) is 7.70. The van der Waals surface area contributed by atoms with Gasteiger partial charge in [-0.1, -0.05) is 201 Å². The highest BCUT2D eigenvalue weighted by atomic mass is 17.2. The molecule has 0 heterocycles. The Morgan fingerprint density at radius 3 is 1.23 bits per heavy atom. The van der Waals surface area contributed by atoms with Gasteiger partial charge in [0.25, 0.3) is 6.23 Å². The maximum Gasteiger partial charge on any atom is 0.395 e. The first kappa shape index (κ1) is 59.8.